The van der Waals surface area contributed by atoms with Crippen molar-refractivity contribution in [3.8, 4) is 5.75 Å². The fraction of sp³-hybridized carbons (Fsp3) is 0.235. The molecule has 0 aliphatic heterocycles. The van der Waals surface area contributed by atoms with E-state index in [1.807, 2.05) is 18.2 Å². The highest BCUT2D eigenvalue weighted by Crippen LogP contribution is 2.28. The molecule has 0 atom stereocenters. The van der Waals surface area contributed by atoms with Gasteiger partial charge in [-0.15, -0.1) is 0 Å². The van der Waals surface area contributed by atoms with Crippen molar-refractivity contribution in [2.45, 2.75) is 6.54 Å². The van der Waals surface area contributed by atoms with E-state index in [0.29, 0.717) is 10.8 Å². The summed E-state index contributed by atoms with van der Waals surface area (Å²) in [7, 11) is -2.15. The highest BCUT2D eigenvalue weighted by molar-refractivity contribution is 7.92. The Morgan fingerprint density at radius 1 is 1.15 bits per heavy atom. The molecule has 0 aliphatic rings. The van der Waals surface area contributed by atoms with Gasteiger partial charge in [-0.25, -0.2) is 8.42 Å². The van der Waals surface area contributed by atoms with Crippen molar-refractivity contribution in [2.75, 3.05) is 24.2 Å². The van der Waals surface area contributed by atoms with Crippen molar-refractivity contribution < 1.29 is 17.9 Å². The van der Waals surface area contributed by atoms with E-state index in [9.17, 15) is 13.2 Å². The van der Waals surface area contributed by atoms with Crippen molar-refractivity contribution >= 4 is 44.8 Å². The van der Waals surface area contributed by atoms with Crippen LogP contribution in [0.1, 0.15) is 5.56 Å². The molecular formula is C17H18Cl2N2O4S. The van der Waals surface area contributed by atoms with Crippen molar-refractivity contribution in [2.24, 2.45) is 0 Å². The van der Waals surface area contributed by atoms with Gasteiger partial charge in [0.15, 0.2) is 0 Å². The zero-order chi connectivity index (χ0) is 19.3. The maximum Gasteiger partial charge on any atom is 0.241 e. The quantitative estimate of drug-likeness (QED) is 0.752. The van der Waals surface area contributed by atoms with Crippen molar-refractivity contribution in [3.63, 3.8) is 0 Å². The number of hydrogen-bond donors (Lipinski definition) is 1. The third kappa shape index (κ3) is 5.27. The summed E-state index contributed by atoms with van der Waals surface area (Å²) in [6.45, 7) is -0.173. The van der Waals surface area contributed by atoms with E-state index < -0.39 is 15.9 Å². The summed E-state index contributed by atoms with van der Waals surface area (Å²) in [6.07, 6.45) is 1.02. The predicted octanol–water partition coefficient (Wildman–Crippen LogP) is 3.08. The molecule has 2 aromatic carbocycles. The number of benzene rings is 2. The lowest BCUT2D eigenvalue weighted by Crippen LogP contribution is -2.40. The standard InChI is InChI=1S/C17H18Cl2N2O4S/c1-25-16-6-4-3-5-12(16)10-20-17(22)11-21(26(2,23)24)13-7-8-14(18)15(19)9-13/h3-9H,10-11H2,1-2H3,(H,20,22). The number of nitrogens with zero attached hydrogens (tertiary/aromatic N) is 1. The first-order chi connectivity index (χ1) is 12.2. The molecule has 2 aromatic rings. The number of anilines is 1. The molecule has 0 spiro atoms. The Balaban J connectivity index is 2.13. The molecule has 0 heterocycles. The molecule has 6 nitrogen and oxygen atoms in total. The third-order valence-corrected chi connectivity index (χ3v) is 5.43. The summed E-state index contributed by atoms with van der Waals surface area (Å²) in [5.41, 5.74) is 1.04. The SMILES string of the molecule is COc1ccccc1CNC(=O)CN(c1ccc(Cl)c(Cl)c1)S(C)(=O)=O. The van der Waals surface area contributed by atoms with E-state index in [0.717, 1.165) is 16.1 Å². The Labute approximate surface area is 162 Å². The summed E-state index contributed by atoms with van der Waals surface area (Å²) in [6, 6.07) is 11.6. The minimum absolute atomic E-state index is 0.201. The van der Waals surface area contributed by atoms with Crippen LogP contribution in [0.3, 0.4) is 0 Å². The minimum atomic E-state index is -3.69. The number of methoxy groups -OCH3 is 1. The Hall–Kier alpha value is -1.96. The Bertz CT molecular complexity index is 903. The lowest BCUT2D eigenvalue weighted by molar-refractivity contribution is -0.119. The van der Waals surface area contributed by atoms with Crippen LogP contribution in [0.25, 0.3) is 0 Å². The van der Waals surface area contributed by atoms with Gasteiger partial charge in [0.2, 0.25) is 15.9 Å². The molecule has 1 N–H and O–H groups in total. The van der Waals surface area contributed by atoms with E-state index in [1.165, 1.54) is 25.3 Å². The molecule has 0 saturated heterocycles. The lowest BCUT2D eigenvalue weighted by Gasteiger charge is -2.22. The second-order valence-corrected chi connectivity index (χ2v) is 8.18. The molecule has 26 heavy (non-hydrogen) atoms. The number of halogens is 2. The average molecular weight is 417 g/mol. The van der Waals surface area contributed by atoms with E-state index >= 15 is 0 Å². The molecule has 0 bridgehead atoms. The van der Waals surface area contributed by atoms with Gasteiger partial charge in [0.05, 0.1) is 29.1 Å². The smallest absolute Gasteiger partial charge is 0.241 e. The number of hydrogen-bond acceptors (Lipinski definition) is 4. The molecule has 2 rings (SSSR count). The lowest BCUT2D eigenvalue weighted by atomic mass is 10.2. The van der Waals surface area contributed by atoms with Gasteiger partial charge >= 0.3 is 0 Å². The summed E-state index contributed by atoms with van der Waals surface area (Å²) in [5.74, 6) is 0.171. The van der Waals surface area contributed by atoms with Gasteiger partial charge in [-0.1, -0.05) is 41.4 Å². The largest absolute Gasteiger partial charge is 0.496 e. The number of rotatable bonds is 7. The number of amides is 1. The van der Waals surface area contributed by atoms with Gasteiger partial charge in [0, 0.05) is 12.1 Å². The normalized spacial score (nSPS) is 11.1. The maximum absolute atomic E-state index is 12.3. The average Bonchev–Trinajstić information content (AvgIpc) is 2.59. The molecule has 140 valence electrons. The van der Waals surface area contributed by atoms with E-state index in [2.05, 4.69) is 5.32 Å². The highest BCUT2D eigenvalue weighted by atomic mass is 35.5. The van der Waals surface area contributed by atoms with Crippen LogP contribution in [-0.4, -0.2) is 34.2 Å². The fourth-order valence-corrected chi connectivity index (χ4v) is 3.41. The van der Waals surface area contributed by atoms with Crippen LogP contribution in [0.5, 0.6) is 5.75 Å². The van der Waals surface area contributed by atoms with Gasteiger partial charge in [-0.05, 0) is 24.3 Å². The molecule has 1 amide bonds. The van der Waals surface area contributed by atoms with Crippen LogP contribution >= 0.6 is 23.2 Å². The topological polar surface area (TPSA) is 75.7 Å². The molecule has 0 unspecified atom stereocenters. The first kappa shape index (κ1) is 20.4. The number of sulfonamides is 1. The molecule has 9 heteroatoms. The second-order valence-electron chi connectivity index (χ2n) is 5.46. The van der Waals surface area contributed by atoms with Crippen LogP contribution < -0.4 is 14.4 Å². The first-order valence-electron chi connectivity index (χ1n) is 7.53. The monoisotopic (exact) mass is 416 g/mol. The molecule has 0 saturated carbocycles. The summed E-state index contributed by atoms with van der Waals surface area (Å²) < 4.78 is 30.4. The van der Waals surface area contributed by atoms with Gasteiger partial charge in [-0.2, -0.15) is 0 Å². The van der Waals surface area contributed by atoms with Crippen LogP contribution in [0.15, 0.2) is 42.5 Å². The third-order valence-electron chi connectivity index (χ3n) is 3.55. The molecule has 0 aliphatic carbocycles. The summed E-state index contributed by atoms with van der Waals surface area (Å²) >= 11 is 11.8. The Morgan fingerprint density at radius 2 is 1.85 bits per heavy atom. The van der Waals surface area contributed by atoms with Crippen molar-refractivity contribution in [1.82, 2.24) is 5.32 Å². The highest BCUT2D eigenvalue weighted by Gasteiger charge is 2.21. The van der Waals surface area contributed by atoms with Gasteiger partial charge < -0.3 is 10.1 Å². The summed E-state index contributed by atoms with van der Waals surface area (Å²) in [5, 5.41) is 3.18. The van der Waals surface area contributed by atoms with E-state index in [4.69, 9.17) is 27.9 Å². The number of carbonyl (C=O) groups excluding carboxylic acids is 1. The molecule has 0 fully saturated rings. The maximum atomic E-state index is 12.3. The van der Waals surface area contributed by atoms with Crippen LogP contribution in [0, 0.1) is 0 Å². The van der Waals surface area contributed by atoms with Crippen molar-refractivity contribution in [3.05, 3.63) is 58.1 Å². The van der Waals surface area contributed by atoms with Crippen molar-refractivity contribution in [1.29, 1.82) is 0 Å². The predicted molar refractivity (Wildman–Crippen MR) is 103 cm³/mol. The van der Waals surface area contributed by atoms with Crippen LogP contribution in [0.2, 0.25) is 10.0 Å². The first-order valence-corrected chi connectivity index (χ1v) is 10.1. The number of ether oxygens (including phenoxy) is 1. The molecular weight excluding hydrogens is 399 g/mol. The van der Waals surface area contributed by atoms with E-state index in [1.54, 1.807) is 6.07 Å². The zero-order valence-corrected chi connectivity index (χ0v) is 16.5. The molecule has 0 radical (unpaired) electrons. The second kappa shape index (κ2) is 8.62. The van der Waals surface area contributed by atoms with Crippen LogP contribution in [-0.2, 0) is 21.4 Å². The number of para-hydroxylation sites is 1. The zero-order valence-electron chi connectivity index (χ0n) is 14.2. The van der Waals surface area contributed by atoms with Crippen LogP contribution in [0.4, 0.5) is 5.69 Å². The number of carbonyl (C=O) groups is 1. The Kier molecular flexibility index (Phi) is 6.75. The Morgan fingerprint density at radius 3 is 2.46 bits per heavy atom. The minimum Gasteiger partial charge on any atom is -0.496 e. The van der Waals surface area contributed by atoms with Gasteiger partial charge in [0.25, 0.3) is 0 Å². The van der Waals surface area contributed by atoms with Gasteiger partial charge in [-0.3, -0.25) is 9.10 Å². The van der Waals surface area contributed by atoms with Gasteiger partial charge in [0.1, 0.15) is 12.3 Å². The number of nitrogens with one attached hydrogen (secondary N) is 1. The summed E-state index contributed by atoms with van der Waals surface area (Å²) in [4.78, 5) is 12.3. The molecule has 0 aromatic heterocycles. The van der Waals surface area contributed by atoms with E-state index in [-0.39, 0.29) is 23.8 Å². The fourth-order valence-electron chi connectivity index (χ4n) is 2.27.